The van der Waals surface area contributed by atoms with E-state index in [2.05, 4.69) is 99.6 Å². The number of allylic oxidation sites excluding steroid dienone is 9. The Labute approximate surface area is 314 Å². The first-order valence-electron chi connectivity index (χ1n) is 21.4. The van der Waals surface area contributed by atoms with Crippen LogP contribution >= 0.6 is 0 Å². The van der Waals surface area contributed by atoms with Crippen LogP contribution < -0.4 is 0 Å². The molecule has 5 aliphatic carbocycles. The number of ether oxygens (including phenoxy) is 2. The Morgan fingerprint density at radius 2 is 1.61 bits per heavy atom. The molecule has 3 heteroatoms. The zero-order valence-corrected chi connectivity index (χ0v) is 34.6. The van der Waals surface area contributed by atoms with E-state index in [4.69, 9.17) is 9.47 Å². The van der Waals surface area contributed by atoms with Crippen molar-refractivity contribution in [3.63, 3.8) is 0 Å². The van der Waals surface area contributed by atoms with Gasteiger partial charge in [-0.3, -0.25) is 0 Å². The van der Waals surface area contributed by atoms with E-state index in [1.54, 1.807) is 0 Å². The van der Waals surface area contributed by atoms with Crippen molar-refractivity contribution in [2.75, 3.05) is 6.61 Å². The van der Waals surface area contributed by atoms with Crippen LogP contribution in [0.4, 0.5) is 4.79 Å². The summed E-state index contributed by atoms with van der Waals surface area (Å²) in [6.07, 6.45) is 31.9. The maximum Gasteiger partial charge on any atom is 0.508 e. The lowest BCUT2D eigenvalue weighted by molar-refractivity contribution is -0.132. The van der Waals surface area contributed by atoms with Gasteiger partial charge in [0.25, 0.3) is 0 Å². The highest BCUT2D eigenvalue weighted by Crippen LogP contribution is 2.68. The molecular formula is C48H76O3. The molecule has 0 aliphatic heterocycles. The van der Waals surface area contributed by atoms with Crippen LogP contribution in [-0.4, -0.2) is 18.9 Å². The first-order valence-corrected chi connectivity index (χ1v) is 21.4. The minimum absolute atomic E-state index is 0.00611. The van der Waals surface area contributed by atoms with Crippen molar-refractivity contribution in [1.29, 1.82) is 0 Å². The Morgan fingerprint density at radius 3 is 2.35 bits per heavy atom. The van der Waals surface area contributed by atoms with E-state index < -0.39 is 6.16 Å². The van der Waals surface area contributed by atoms with Crippen molar-refractivity contribution in [2.24, 2.45) is 57.7 Å². The van der Waals surface area contributed by atoms with Gasteiger partial charge in [-0.05, 0) is 167 Å². The highest BCUT2D eigenvalue weighted by atomic mass is 16.7. The molecule has 0 N–H and O–H groups in total. The summed E-state index contributed by atoms with van der Waals surface area (Å²) in [7, 11) is 0. The lowest BCUT2D eigenvalue weighted by atomic mass is 9.44. The van der Waals surface area contributed by atoms with E-state index in [1.165, 1.54) is 100 Å². The molecule has 1 unspecified atom stereocenters. The molecule has 0 spiro atoms. The summed E-state index contributed by atoms with van der Waals surface area (Å²) < 4.78 is 11.5. The highest BCUT2D eigenvalue weighted by molar-refractivity contribution is 5.60. The first kappa shape index (κ1) is 40.2. The average molecular weight is 701 g/mol. The van der Waals surface area contributed by atoms with Crippen molar-refractivity contribution >= 4 is 6.16 Å². The number of hydrogen-bond donors (Lipinski definition) is 0. The van der Waals surface area contributed by atoms with Gasteiger partial charge in [-0.2, -0.15) is 0 Å². The van der Waals surface area contributed by atoms with E-state index in [0.717, 1.165) is 53.9 Å². The predicted octanol–water partition coefficient (Wildman–Crippen LogP) is 14.2. The Morgan fingerprint density at radius 1 is 0.863 bits per heavy atom. The Kier molecular flexibility index (Phi) is 13.4. The minimum Gasteiger partial charge on any atom is -0.431 e. The van der Waals surface area contributed by atoms with Gasteiger partial charge < -0.3 is 9.47 Å². The lowest BCUT2D eigenvalue weighted by Crippen LogP contribution is -2.54. The molecule has 9 atom stereocenters. The largest absolute Gasteiger partial charge is 0.508 e. The van der Waals surface area contributed by atoms with Crippen LogP contribution in [0.15, 0.2) is 58.7 Å². The van der Waals surface area contributed by atoms with Crippen molar-refractivity contribution in [3.8, 4) is 0 Å². The van der Waals surface area contributed by atoms with Gasteiger partial charge in [0.1, 0.15) is 12.7 Å². The molecule has 3 nitrogen and oxygen atoms in total. The van der Waals surface area contributed by atoms with Gasteiger partial charge in [0.05, 0.1) is 0 Å². The molecular weight excluding hydrogens is 625 g/mol. The molecule has 4 saturated carbocycles. The van der Waals surface area contributed by atoms with Crippen molar-refractivity contribution in [1.82, 2.24) is 0 Å². The summed E-state index contributed by atoms with van der Waals surface area (Å²) in [5.41, 5.74) is 6.52. The van der Waals surface area contributed by atoms with Gasteiger partial charge >= 0.3 is 6.16 Å². The number of carbonyl (C=O) groups is 1. The zero-order chi connectivity index (χ0) is 37.0. The van der Waals surface area contributed by atoms with E-state index in [1.807, 2.05) is 6.08 Å². The SMILES string of the molecule is CC1=C(/C=C/C(C)=C/C=C/C(C)=C/COC(=O)O[C@H]2CC[C@@]3(C)C(CC[C@H]4[C@@H]5CC[C@H]([C@H](C)CCCC(C)C)[C@@]5(C)CC[C@@H]43)C2)C(C)(C)CCC1. The third-order valence-electron chi connectivity index (χ3n) is 15.5. The quantitative estimate of drug-likeness (QED) is 0.150. The molecule has 4 fully saturated rings. The van der Waals surface area contributed by atoms with Gasteiger partial charge in [0.2, 0.25) is 0 Å². The molecule has 0 aromatic heterocycles. The van der Waals surface area contributed by atoms with Crippen LogP contribution in [0.2, 0.25) is 0 Å². The fraction of sp³-hybridized carbons (Fsp3) is 0.771. The van der Waals surface area contributed by atoms with Gasteiger partial charge in [-0.1, -0.05) is 115 Å². The molecule has 0 aromatic carbocycles. The summed E-state index contributed by atoms with van der Waals surface area (Å²) >= 11 is 0. The average Bonchev–Trinajstić information content (AvgIpc) is 3.41. The second-order valence-electron chi connectivity index (χ2n) is 19.7. The highest BCUT2D eigenvalue weighted by Gasteiger charge is 2.60. The van der Waals surface area contributed by atoms with Crippen LogP contribution in [0.5, 0.6) is 0 Å². The normalized spacial score (nSPS) is 36.3. The van der Waals surface area contributed by atoms with E-state index in [9.17, 15) is 4.79 Å². The Hall–Kier alpha value is -2.03. The summed E-state index contributed by atoms with van der Waals surface area (Å²) in [4.78, 5) is 12.8. The summed E-state index contributed by atoms with van der Waals surface area (Å²) in [6.45, 7) is 24.1. The molecule has 0 heterocycles. The summed E-state index contributed by atoms with van der Waals surface area (Å²) in [5, 5.41) is 0. The minimum atomic E-state index is -0.505. The van der Waals surface area contributed by atoms with Crippen LogP contribution in [0.3, 0.4) is 0 Å². The predicted molar refractivity (Wildman–Crippen MR) is 215 cm³/mol. The standard InChI is InChI=1S/C48H76O3/c1-33(2)14-11-17-37(6)42-23-24-43-40-21-20-38-32-39(25-29-47(38,9)44(40)26-30-48(42,43)10)51-45(49)50-31-27-35(4)16-12-15-34(3)19-22-41-36(5)18-13-28-46(41,7)8/h12,15-16,19,22,27,33,37-40,42-44H,11,13-14,17-18,20-21,23-26,28-32H2,1-10H3/b16-12+,22-19+,34-15+,35-27+/t37-,38?,39+,40+,42-,43+,44+,47+,48-/m1/s1. The number of carbonyl (C=O) groups excluding carboxylic acids is 1. The molecule has 0 aromatic rings. The van der Waals surface area contributed by atoms with Crippen molar-refractivity contribution in [2.45, 2.75) is 172 Å². The fourth-order valence-electron chi connectivity index (χ4n) is 12.5. The van der Waals surface area contributed by atoms with E-state index in [0.29, 0.717) is 16.7 Å². The zero-order valence-electron chi connectivity index (χ0n) is 34.6. The second kappa shape index (κ2) is 17.0. The third-order valence-corrected chi connectivity index (χ3v) is 15.5. The fourth-order valence-corrected chi connectivity index (χ4v) is 12.5. The molecule has 0 saturated heterocycles. The molecule has 51 heavy (non-hydrogen) atoms. The first-order chi connectivity index (χ1) is 24.1. The lowest BCUT2D eigenvalue weighted by Gasteiger charge is -2.61. The molecule has 0 bridgehead atoms. The number of rotatable bonds is 12. The molecule has 5 aliphatic rings. The Balaban J connectivity index is 1.06. The molecule has 0 amide bonds. The Bertz CT molecular complexity index is 1360. The van der Waals surface area contributed by atoms with Gasteiger partial charge in [-0.15, -0.1) is 0 Å². The smallest absolute Gasteiger partial charge is 0.431 e. The van der Waals surface area contributed by atoms with Crippen LogP contribution in [0.1, 0.15) is 166 Å². The third kappa shape index (κ3) is 9.38. The van der Waals surface area contributed by atoms with Crippen LogP contribution in [0.25, 0.3) is 0 Å². The number of fused-ring (bicyclic) bond motifs is 5. The van der Waals surface area contributed by atoms with Gasteiger partial charge in [0.15, 0.2) is 0 Å². The summed E-state index contributed by atoms with van der Waals surface area (Å²) in [5.74, 6) is 5.94. The van der Waals surface area contributed by atoms with E-state index >= 15 is 0 Å². The van der Waals surface area contributed by atoms with Gasteiger partial charge in [-0.25, -0.2) is 4.79 Å². The van der Waals surface area contributed by atoms with Crippen LogP contribution in [0, 0.1) is 57.7 Å². The molecule has 286 valence electrons. The van der Waals surface area contributed by atoms with Gasteiger partial charge in [0, 0.05) is 0 Å². The molecule has 0 radical (unpaired) electrons. The maximum atomic E-state index is 12.8. The number of hydrogen-bond acceptors (Lipinski definition) is 3. The van der Waals surface area contributed by atoms with E-state index in [-0.39, 0.29) is 18.1 Å². The topological polar surface area (TPSA) is 35.5 Å². The molecule has 5 rings (SSSR count). The van der Waals surface area contributed by atoms with Crippen molar-refractivity contribution in [3.05, 3.63) is 58.7 Å². The summed E-state index contributed by atoms with van der Waals surface area (Å²) in [6, 6.07) is 0. The van der Waals surface area contributed by atoms with Crippen LogP contribution in [-0.2, 0) is 9.47 Å². The van der Waals surface area contributed by atoms with Crippen molar-refractivity contribution < 1.29 is 14.3 Å². The monoisotopic (exact) mass is 701 g/mol. The maximum absolute atomic E-state index is 12.8. The second-order valence-corrected chi connectivity index (χ2v) is 19.7.